The fourth-order valence-corrected chi connectivity index (χ4v) is 17.2. The summed E-state index contributed by atoms with van der Waals surface area (Å²) in [5.41, 5.74) is -75.7. The van der Waals surface area contributed by atoms with Crippen LogP contribution in [-0.2, 0) is 8.23 Å². The molecule has 0 bridgehead atoms. The lowest BCUT2D eigenvalue weighted by atomic mass is 10.3. The van der Waals surface area contributed by atoms with Crippen molar-refractivity contribution in [3.05, 3.63) is 0 Å². The van der Waals surface area contributed by atoms with E-state index in [4.69, 9.17) is 0 Å². The van der Waals surface area contributed by atoms with E-state index in [1.54, 1.807) is 0 Å². The van der Waals surface area contributed by atoms with Gasteiger partial charge in [0.05, 0.1) is 0 Å². The van der Waals surface area contributed by atoms with E-state index < -0.39 is 119 Å². The Labute approximate surface area is 304 Å². The van der Waals surface area contributed by atoms with E-state index in [0.29, 0.717) is 8.23 Å². The minimum absolute atomic E-state index is 0.383. The molecule has 0 rings (SSSR count). The number of alkyl halides is 39. The Balaban J connectivity index is 11.2. The Morgan fingerprint density at radius 1 is 0.213 bits per heavy atom. The van der Waals surface area contributed by atoms with Gasteiger partial charge in [-0.3, -0.25) is 4.11 Å². The Morgan fingerprint density at radius 3 is 0.541 bits per heavy atom. The fourth-order valence-electron chi connectivity index (χ4n) is 3.73. The van der Waals surface area contributed by atoms with Crippen molar-refractivity contribution in [1.29, 1.82) is 0 Å². The molecule has 0 unspecified atom stereocenters. The second-order valence-electron chi connectivity index (χ2n) is 10.8. The van der Waals surface area contributed by atoms with Gasteiger partial charge in [0.25, 0.3) is 0 Å². The highest BCUT2D eigenvalue weighted by atomic mass is 28.5. The van der Waals surface area contributed by atoms with Crippen LogP contribution in [0.3, 0.4) is 0 Å². The summed E-state index contributed by atoms with van der Waals surface area (Å²) in [7, 11) is -42.5. The van der Waals surface area contributed by atoms with Crippen molar-refractivity contribution in [2.45, 2.75) is 93.9 Å². The maximum atomic E-state index is 15.4. The van der Waals surface area contributed by atoms with Crippen LogP contribution in [0.15, 0.2) is 0 Å². The third-order valence-corrected chi connectivity index (χ3v) is 19.4. The van der Waals surface area contributed by atoms with Crippen molar-refractivity contribution in [1.82, 2.24) is 0 Å². The molecular formula is C16F40O2Si3. The van der Waals surface area contributed by atoms with E-state index >= 15 is 21.7 Å². The first-order valence-electron chi connectivity index (χ1n) is 12.4. The highest BCUT2D eigenvalue weighted by Gasteiger charge is 3.08. The molecule has 0 spiro atoms. The Hall–Kier alpha value is -2.23. The summed E-state index contributed by atoms with van der Waals surface area (Å²) in [6.45, 7) is 0. The molecule has 0 atom stereocenters. The molecule has 0 aliphatic rings. The maximum Gasteiger partial charge on any atom is 0.540 e. The summed E-state index contributed by atoms with van der Waals surface area (Å²) in [5, 5.41) is 0. The van der Waals surface area contributed by atoms with E-state index in [1.165, 1.54) is 0 Å². The van der Waals surface area contributed by atoms with Crippen LogP contribution in [0.2, 0.25) is 0 Å². The monoisotopic (exact) mass is 1070 g/mol. The Bertz CT molecular complexity index is 1430. The summed E-state index contributed by atoms with van der Waals surface area (Å²) in [6.07, 6.45) is -68.2. The van der Waals surface area contributed by atoms with Gasteiger partial charge in [-0.25, -0.2) is 0 Å². The molecule has 0 aliphatic heterocycles. The van der Waals surface area contributed by atoms with Crippen LogP contribution in [0.4, 0.5) is 175 Å². The number of halogens is 40. The third-order valence-electron chi connectivity index (χ3n) is 6.82. The van der Waals surface area contributed by atoms with Crippen LogP contribution < -0.4 is 0 Å². The van der Waals surface area contributed by atoms with Crippen molar-refractivity contribution in [2.24, 2.45) is 0 Å². The highest BCUT2D eigenvalue weighted by molar-refractivity contribution is 6.94. The zero-order valence-electron chi connectivity index (χ0n) is 25.4. The maximum absolute atomic E-state index is 15.4. The normalized spacial score (nSPS) is 17.3. The van der Waals surface area contributed by atoms with Crippen LogP contribution >= 0.6 is 0 Å². The smallest absolute Gasteiger partial charge is 0.416 e. The quantitative estimate of drug-likeness (QED) is 0.104. The Morgan fingerprint density at radius 2 is 0.393 bits per heavy atom. The molecule has 0 aromatic carbocycles. The van der Waals surface area contributed by atoms with Gasteiger partial charge in [-0.1, -0.05) is 0 Å². The van der Waals surface area contributed by atoms with Crippen molar-refractivity contribution in [2.75, 3.05) is 0 Å². The largest absolute Gasteiger partial charge is 0.540 e. The van der Waals surface area contributed by atoms with Gasteiger partial charge in [-0.15, -0.1) is 0 Å². The second kappa shape index (κ2) is 14.4. The minimum Gasteiger partial charge on any atom is -0.416 e. The molecule has 0 amide bonds. The van der Waals surface area contributed by atoms with Gasteiger partial charge in [0, 0.05) is 0 Å². The molecule has 2 nitrogen and oxygen atoms in total. The summed E-state index contributed by atoms with van der Waals surface area (Å²) < 4.78 is 556. The molecule has 0 aliphatic carbocycles. The molecule has 45 heteroatoms. The molecule has 368 valence electrons. The van der Waals surface area contributed by atoms with E-state index in [9.17, 15) is 154 Å². The fraction of sp³-hybridized carbons (Fsp3) is 1.00. The summed E-state index contributed by atoms with van der Waals surface area (Å²) >= 11 is 0. The SMILES string of the molecule is FC(F)(F)C(F)(F)C(F)(F)[Si](O[Si](F)(C(F)(F)C(F)(F)F)C(F)(F)C(F)(F)F)(O[Si](C(F)(F)C(F)(F)F)(C(F)(F)C(F)(F)F)C(F)(F)C(F)(F)F)C(F)(F)C(F)(F)C(F)(F)F. The first-order valence-corrected chi connectivity index (χ1v) is 17.9. The number of rotatable bonds is 13. The van der Waals surface area contributed by atoms with Gasteiger partial charge in [0.1, 0.15) is 0 Å². The molecule has 0 aromatic heterocycles. The topological polar surface area (TPSA) is 18.5 Å². The lowest BCUT2D eigenvalue weighted by Crippen LogP contribution is -2.94. The first-order chi connectivity index (χ1) is 25.4. The van der Waals surface area contributed by atoms with Gasteiger partial charge in [-0.05, 0) is 0 Å². The lowest BCUT2D eigenvalue weighted by Gasteiger charge is -2.55. The van der Waals surface area contributed by atoms with Gasteiger partial charge >= 0.3 is 119 Å². The van der Waals surface area contributed by atoms with Crippen molar-refractivity contribution < 1.29 is 184 Å². The van der Waals surface area contributed by atoms with Gasteiger partial charge < -0.3 is 8.23 Å². The third kappa shape index (κ3) is 7.60. The molecule has 0 aromatic rings. The predicted molar refractivity (Wildman–Crippen MR) is 107 cm³/mol. The zero-order valence-corrected chi connectivity index (χ0v) is 28.4. The van der Waals surface area contributed by atoms with E-state index in [2.05, 4.69) is 0 Å². The average Bonchev–Trinajstić information content (AvgIpc) is 2.93. The summed E-state index contributed by atoms with van der Waals surface area (Å²) in [5.74, 6) is -21.1. The van der Waals surface area contributed by atoms with Gasteiger partial charge in [0.15, 0.2) is 0 Å². The molecular weight excluding hydrogens is 1070 g/mol. The molecule has 0 saturated heterocycles. The molecule has 61 heavy (non-hydrogen) atoms. The van der Waals surface area contributed by atoms with E-state index in [-0.39, 0.29) is 0 Å². The van der Waals surface area contributed by atoms with Gasteiger partial charge in [-0.2, -0.15) is 171 Å². The number of hydrogen-bond acceptors (Lipinski definition) is 2. The van der Waals surface area contributed by atoms with Crippen LogP contribution in [0.5, 0.6) is 0 Å². The van der Waals surface area contributed by atoms with E-state index in [1.807, 2.05) is 0 Å². The Kier molecular flexibility index (Phi) is 13.9. The molecule has 0 heterocycles. The molecule has 0 saturated carbocycles. The van der Waals surface area contributed by atoms with Gasteiger partial charge in [0.2, 0.25) is 0 Å². The van der Waals surface area contributed by atoms with Crippen LogP contribution in [-0.4, -0.2) is 119 Å². The average molecular weight is 1070 g/mol. The van der Waals surface area contributed by atoms with Crippen molar-refractivity contribution >= 4 is 25.5 Å². The zero-order chi connectivity index (χ0) is 50.9. The van der Waals surface area contributed by atoms with Crippen molar-refractivity contribution in [3.63, 3.8) is 0 Å². The van der Waals surface area contributed by atoms with Crippen molar-refractivity contribution in [3.8, 4) is 0 Å². The first kappa shape index (κ1) is 58.8. The molecule has 0 N–H and O–H groups in total. The standard InChI is InChI=1S/C16F40O2Si3/c17-1(18,3(21,22)23)10(42,43)61(11(44,45)2(19,20)4(24,25)26,58-60(56,15(52,53)8(36,37)38)16(54,55)9(39,40)41)57-59(12(46,47)5(27,28)29,13(48,49)6(30,31)32)14(50,51)7(33,34)35. The second-order valence-corrected chi connectivity index (χ2v) is 20.6. The highest BCUT2D eigenvalue weighted by Crippen LogP contribution is 2.69. The summed E-state index contributed by atoms with van der Waals surface area (Å²) in [6, 6.07) is 0. The minimum atomic E-state index is -14.7. The predicted octanol–water partition coefficient (Wildman–Crippen LogP) is 12.2. The van der Waals surface area contributed by atoms with Crippen LogP contribution in [0.25, 0.3) is 0 Å². The molecule has 0 radical (unpaired) electrons. The number of hydrogen-bond donors (Lipinski definition) is 0. The summed E-state index contributed by atoms with van der Waals surface area (Å²) in [4.78, 5) is 0. The van der Waals surface area contributed by atoms with E-state index in [0.717, 1.165) is 0 Å². The van der Waals surface area contributed by atoms with Crippen LogP contribution in [0, 0.1) is 0 Å². The van der Waals surface area contributed by atoms with Crippen LogP contribution in [0.1, 0.15) is 0 Å². The molecule has 0 fully saturated rings. The lowest BCUT2D eigenvalue weighted by molar-refractivity contribution is -0.363.